The topological polar surface area (TPSA) is 63.4 Å². The van der Waals surface area contributed by atoms with E-state index in [0.717, 1.165) is 69.2 Å². The predicted molar refractivity (Wildman–Crippen MR) is 117 cm³/mol. The Balaban J connectivity index is 1.78. The van der Waals surface area contributed by atoms with E-state index < -0.39 is 5.41 Å². The van der Waals surface area contributed by atoms with Crippen LogP contribution < -0.4 is 5.73 Å². The summed E-state index contributed by atoms with van der Waals surface area (Å²) in [5.74, 6) is -0.115. The number of benzene rings is 2. The summed E-state index contributed by atoms with van der Waals surface area (Å²) in [5.41, 5.74) is 7.31. The number of likely N-dealkylation sites (tertiary alicyclic amines) is 1. The van der Waals surface area contributed by atoms with Gasteiger partial charge in [0.05, 0.1) is 0 Å². The summed E-state index contributed by atoms with van der Waals surface area (Å²) in [6, 6.07) is 20.0. The van der Waals surface area contributed by atoms with Crippen molar-refractivity contribution >= 4 is 12.2 Å². The van der Waals surface area contributed by atoms with Gasteiger partial charge in [0.25, 0.3) is 0 Å². The summed E-state index contributed by atoms with van der Waals surface area (Å²) in [5, 5.41) is 0. The molecule has 0 radical (unpaired) electrons. The van der Waals surface area contributed by atoms with Gasteiger partial charge in [-0.1, -0.05) is 73.5 Å². The number of carbonyl (C=O) groups is 2. The summed E-state index contributed by atoms with van der Waals surface area (Å²) in [6.45, 7) is 2.91. The lowest BCUT2D eigenvalue weighted by atomic mass is 9.64. The van der Waals surface area contributed by atoms with Gasteiger partial charge in [-0.25, -0.2) is 0 Å². The minimum atomic E-state index is -0.804. The lowest BCUT2D eigenvalue weighted by Crippen LogP contribution is -2.49. The maximum Gasteiger partial charge on any atom is 0.232 e. The Morgan fingerprint density at radius 2 is 1.55 bits per heavy atom. The van der Waals surface area contributed by atoms with Gasteiger partial charge in [-0.2, -0.15) is 0 Å². The second-order valence-corrected chi connectivity index (χ2v) is 8.06. The largest absolute Gasteiger partial charge is 0.369 e. The van der Waals surface area contributed by atoms with Gasteiger partial charge in [0.1, 0.15) is 11.7 Å². The number of nitrogens with two attached hydrogens (primary N) is 1. The minimum Gasteiger partial charge on any atom is -0.369 e. The van der Waals surface area contributed by atoms with Crippen molar-refractivity contribution in [2.75, 3.05) is 19.6 Å². The Hall–Kier alpha value is -2.46. The molecule has 1 amide bonds. The number of hydrogen-bond donors (Lipinski definition) is 1. The van der Waals surface area contributed by atoms with E-state index in [1.54, 1.807) is 0 Å². The molecule has 2 N–H and O–H groups in total. The Labute approximate surface area is 174 Å². The maximum atomic E-state index is 13.1. The number of hydrogen-bond acceptors (Lipinski definition) is 3. The highest BCUT2D eigenvalue weighted by Gasteiger charge is 2.49. The fourth-order valence-electron chi connectivity index (χ4n) is 4.83. The molecule has 2 aromatic rings. The van der Waals surface area contributed by atoms with E-state index in [9.17, 15) is 9.59 Å². The van der Waals surface area contributed by atoms with E-state index in [2.05, 4.69) is 4.90 Å². The predicted octanol–water partition coefficient (Wildman–Crippen LogP) is 3.93. The van der Waals surface area contributed by atoms with Crippen molar-refractivity contribution in [3.63, 3.8) is 0 Å². The molecule has 0 aromatic heterocycles. The second-order valence-electron chi connectivity index (χ2n) is 8.06. The van der Waals surface area contributed by atoms with Gasteiger partial charge in [0.15, 0.2) is 0 Å². The number of unbranched alkanes of at least 4 members (excludes halogenated alkanes) is 4. The molecule has 1 atom stereocenters. The molecule has 1 heterocycles. The number of primary amides is 1. The highest BCUT2D eigenvalue weighted by Crippen LogP contribution is 2.43. The van der Waals surface area contributed by atoms with Crippen LogP contribution in [0.5, 0.6) is 0 Å². The summed E-state index contributed by atoms with van der Waals surface area (Å²) < 4.78 is 0. The monoisotopic (exact) mass is 392 g/mol. The molecule has 1 aliphatic rings. The fraction of sp³-hybridized carbons (Fsp3) is 0.440. The highest BCUT2D eigenvalue weighted by atomic mass is 16.1. The van der Waals surface area contributed by atoms with Crippen LogP contribution in [0.25, 0.3) is 0 Å². The average molecular weight is 393 g/mol. The van der Waals surface area contributed by atoms with Crippen LogP contribution in [0.1, 0.15) is 49.7 Å². The summed E-state index contributed by atoms with van der Waals surface area (Å²) in [7, 11) is 0. The van der Waals surface area contributed by atoms with Gasteiger partial charge >= 0.3 is 0 Å². The number of carbonyl (C=O) groups excluding carboxylic acids is 2. The van der Waals surface area contributed by atoms with Crippen LogP contribution in [0, 0.1) is 5.92 Å². The normalized spacial score (nSPS) is 17.3. The lowest BCUT2D eigenvalue weighted by molar-refractivity contribution is -0.123. The highest BCUT2D eigenvalue weighted by molar-refractivity contribution is 5.91. The molecule has 29 heavy (non-hydrogen) atoms. The number of aldehydes is 1. The van der Waals surface area contributed by atoms with E-state index in [-0.39, 0.29) is 11.8 Å². The molecule has 0 aliphatic carbocycles. The Morgan fingerprint density at radius 3 is 2.10 bits per heavy atom. The third-order valence-corrected chi connectivity index (χ3v) is 6.28. The van der Waals surface area contributed by atoms with Crippen molar-refractivity contribution < 1.29 is 9.59 Å². The maximum absolute atomic E-state index is 13.1. The Bertz CT molecular complexity index is 736. The standard InChI is InChI=1S/C25H32N2O2/c26-24(29)25(21-12-6-4-7-13-21,22-14-8-5-9-15-22)23-16-18-27(20-23)17-10-2-1-3-11-19-28/h4-9,12-15,19,23H,1-3,10-11,16-18,20H2,(H2,26,29). The summed E-state index contributed by atoms with van der Waals surface area (Å²) in [4.78, 5) is 25.9. The fourth-order valence-corrected chi connectivity index (χ4v) is 4.83. The molecule has 1 fully saturated rings. The zero-order valence-corrected chi connectivity index (χ0v) is 17.1. The van der Waals surface area contributed by atoms with Crippen molar-refractivity contribution in [3.05, 3.63) is 71.8 Å². The second kappa shape index (κ2) is 10.4. The van der Waals surface area contributed by atoms with Gasteiger partial charge in [-0.05, 0) is 49.4 Å². The van der Waals surface area contributed by atoms with Crippen LogP contribution in [-0.2, 0) is 15.0 Å². The van der Waals surface area contributed by atoms with Crippen molar-refractivity contribution in [1.82, 2.24) is 4.90 Å². The lowest BCUT2D eigenvalue weighted by Gasteiger charge is -2.37. The zero-order valence-electron chi connectivity index (χ0n) is 17.1. The van der Waals surface area contributed by atoms with Crippen molar-refractivity contribution in [1.29, 1.82) is 0 Å². The van der Waals surface area contributed by atoms with Crippen LogP contribution in [0.3, 0.4) is 0 Å². The van der Waals surface area contributed by atoms with Gasteiger partial charge in [-0.3, -0.25) is 4.79 Å². The Kier molecular flexibility index (Phi) is 7.59. The molecule has 0 bridgehead atoms. The number of nitrogens with zero attached hydrogens (tertiary/aromatic N) is 1. The van der Waals surface area contributed by atoms with Crippen LogP contribution in [-0.4, -0.2) is 36.7 Å². The van der Waals surface area contributed by atoms with Crippen molar-refractivity contribution in [2.24, 2.45) is 11.7 Å². The van der Waals surface area contributed by atoms with E-state index in [1.807, 2.05) is 60.7 Å². The molecule has 4 nitrogen and oxygen atoms in total. The van der Waals surface area contributed by atoms with Crippen LogP contribution in [0.15, 0.2) is 60.7 Å². The van der Waals surface area contributed by atoms with Crippen molar-refractivity contribution in [2.45, 2.75) is 43.9 Å². The molecule has 2 aromatic carbocycles. The summed E-state index contributed by atoms with van der Waals surface area (Å²) in [6.07, 6.45) is 6.99. The zero-order chi connectivity index (χ0) is 20.5. The average Bonchev–Trinajstić information content (AvgIpc) is 3.21. The van der Waals surface area contributed by atoms with E-state index in [4.69, 9.17) is 5.73 Å². The first-order valence-electron chi connectivity index (χ1n) is 10.8. The van der Waals surface area contributed by atoms with Crippen molar-refractivity contribution in [3.8, 4) is 0 Å². The molecule has 1 saturated heterocycles. The molecule has 1 unspecified atom stereocenters. The molecule has 0 spiro atoms. The van der Waals surface area contributed by atoms with Gasteiger partial charge in [0.2, 0.25) is 5.91 Å². The van der Waals surface area contributed by atoms with E-state index >= 15 is 0 Å². The molecule has 4 heteroatoms. The smallest absolute Gasteiger partial charge is 0.232 e. The van der Waals surface area contributed by atoms with Gasteiger partial charge < -0.3 is 15.4 Å². The van der Waals surface area contributed by atoms with Crippen LogP contribution in [0.4, 0.5) is 0 Å². The van der Waals surface area contributed by atoms with Crippen LogP contribution >= 0.6 is 0 Å². The molecule has 154 valence electrons. The first-order chi connectivity index (χ1) is 14.2. The molecule has 0 saturated carbocycles. The SMILES string of the molecule is NC(=O)C(c1ccccc1)(c1ccccc1)C1CCN(CCCCCCC=O)C1. The van der Waals surface area contributed by atoms with Crippen LogP contribution in [0.2, 0.25) is 0 Å². The van der Waals surface area contributed by atoms with E-state index in [1.165, 1.54) is 0 Å². The third-order valence-electron chi connectivity index (χ3n) is 6.28. The van der Waals surface area contributed by atoms with E-state index in [0.29, 0.717) is 6.42 Å². The number of amides is 1. The number of rotatable bonds is 11. The molecular weight excluding hydrogens is 360 g/mol. The Morgan fingerprint density at radius 1 is 0.966 bits per heavy atom. The van der Waals surface area contributed by atoms with Gasteiger partial charge in [0, 0.05) is 13.0 Å². The third kappa shape index (κ3) is 4.76. The molecule has 1 aliphatic heterocycles. The van der Waals surface area contributed by atoms with Gasteiger partial charge in [-0.15, -0.1) is 0 Å². The quantitative estimate of drug-likeness (QED) is 0.465. The first-order valence-corrected chi connectivity index (χ1v) is 10.8. The molecule has 3 rings (SSSR count). The first kappa shape index (κ1) is 21.3. The summed E-state index contributed by atoms with van der Waals surface area (Å²) >= 11 is 0. The molecular formula is C25H32N2O2. The minimum absolute atomic E-state index is 0.153.